The average Bonchev–Trinajstić information content (AvgIpc) is 4.06. The van der Waals surface area contributed by atoms with Crippen molar-refractivity contribution in [3.63, 3.8) is 0 Å². The van der Waals surface area contributed by atoms with Gasteiger partial charge < -0.3 is 20.4 Å². The zero-order valence-corrected chi connectivity index (χ0v) is 37.9. The molecular weight excluding hydrogens is 926 g/mol. The fourth-order valence-electron chi connectivity index (χ4n) is 7.17. The van der Waals surface area contributed by atoms with Crippen LogP contribution in [0.15, 0.2) is 30.3 Å². The number of anilines is 4. The number of rotatable bonds is 21. The predicted octanol–water partition coefficient (Wildman–Crippen LogP) is 11.3. The van der Waals surface area contributed by atoms with Crippen LogP contribution in [0.25, 0.3) is 0 Å². The van der Waals surface area contributed by atoms with Crippen molar-refractivity contribution in [3.05, 3.63) is 108 Å². The van der Waals surface area contributed by atoms with E-state index in [0.29, 0.717) is 63.1 Å². The Bertz CT molecular complexity index is 2250. The molecule has 1 aliphatic rings. The molecule has 1 fully saturated rings. The number of nitrogens with zero attached hydrogens (tertiary/aromatic N) is 9. The minimum Gasteiger partial charge on any atom is -0.393 e. The Kier molecular flexibility index (Phi) is 20.6. The van der Waals surface area contributed by atoms with Gasteiger partial charge in [0.25, 0.3) is 28.4 Å². The lowest BCUT2D eigenvalue weighted by Gasteiger charge is -2.24. The first-order chi connectivity index (χ1) is 31.6. The van der Waals surface area contributed by atoms with Gasteiger partial charge >= 0.3 is 18.0 Å². The van der Waals surface area contributed by atoms with Gasteiger partial charge in [-0.2, -0.15) is 26.3 Å². The first-order valence-electron chi connectivity index (χ1n) is 21.2. The highest BCUT2D eigenvalue weighted by Gasteiger charge is 2.43. The van der Waals surface area contributed by atoms with Gasteiger partial charge in [-0.15, -0.1) is 0 Å². The van der Waals surface area contributed by atoms with Crippen LogP contribution in [0.3, 0.4) is 0 Å². The van der Waals surface area contributed by atoms with Gasteiger partial charge in [0, 0.05) is 69.6 Å². The van der Waals surface area contributed by atoms with Gasteiger partial charge in [-0.25, -0.2) is 0 Å². The van der Waals surface area contributed by atoms with Gasteiger partial charge in [0.05, 0.1) is 40.7 Å². The Hall–Kier alpha value is -7.16. The Morgan fingerprint density at radius 2 is 0.838 bits per heavy atom. The molecule has 0 atom stereocenters. The summed E-state index contributed by atoms with van der Waals surface area (Å²) in [5.74, 6) is 0.262. The number of aryl methyl sites for hydroxylation is 1. The third-order valence-electron chi connectivity index (χ3n) is 9.97. The maximum atomic E-state index is 13.0. The lowest BCUT2D eigenvalue weighted by Crippen LogP contribution is -2.28. The second-order valence-corrected chi connectivity index (χ2v) is 15.5. The highest BCUT2D eigenvalue weighted by Crippen LogP contribution is 2.49. The molecule has 0 saturated heterocycles. The van der Waals surface area contributed by atoms with Gasteiger partial charge in [-0.05, 0) is 63.4 Å². The van der Waals surface area contributed by atoms with Gasteiger partial charge in [0.15, 0.2) is 17.1 Å². The number of hydrogen-bond donors (Lipinski definition) is 1. The van der Waals surface area contributed by atoms with Crippen molar-refractivity contribution < 1.29 is 55.9 Å². The normalized spacial score (nSPS) is 12.2. The molecule has 0 aromatic heterocycles. The molecular formula is C40H52F6N10O12. The zero-order valence-electron chi connectivity index (χ0n) is 37.9. The zero-order chi connectivity index (χ0) is 52.0. The summed E-state index contributed by atoms with van der Waals surface area (Å²) in [6, 6.07) is 3.78. The van der Waals surface area contributed by atoms with E-state index in [1.54, 1.807) is 32.6 Å². The van der Waals surface area contributed by atoms with Gasteiger partial charge in [-0.1, -0.05) is 34.6 Å². The quantitative estimate of drug-likeness (QED) is 0.0449. The number of nitrogens with two attached hydrogens (primary N) is 1. The molecule has 0 unspecified atom stereocenters. The van der Waals surface area contributed by atoms with Crippen LogP contribution in [0, 0.1) is 73.5 Å². The van der Waals surface area contributed by atoms with E-state index in [-0.39, 0.29) is 47.8 Å². The molecule has 0 aliphatic heterocycles. The monoisotopic (exact) mass is 978 g/mol. The fourth-order valence-corrected chi connectivity index (χ4v) is 7.17. The molecule has 68 heavy (non-hydrogen) atoms. The number of nitro benzene ring substituents is 6. The Morgan fingerprint density at radius 1 is 0.515 bits per heavy atom. The molecule has 0 amide bonds. The summed E-state index contributed by atoms with van der Waals surface area (Å²) in [5, 5.41) is 67.6. The molecule has 1 saturated carbocycles. The van der Waals surface area contributed by atoms with E-state index < -0.39 is 87.1 Å². The second kappa shape index (κ2) is 24.6. The molecule has 376 valence electrons. The minimum absolute atomic E-state index is 0.120. The highest BCUT2D eigenvalue weighted by atomic mass is 19.4. The second-order valence-electron chi connectivity index (χ2n) is 15.5. The Labute approximate surface area is 384 Å². The van der Waals surface area contributed by atoms with Gasteiger partial charge in [0.2, 0.25) is 0 Å². The van der Waals surface area contributed by atoms with Gasteiger partial charge in [-0.3, -0.25) is 60.7 Å². The summed E-state index contributed by atoms with van der Waals surface area (Å²) in [4.78, 5) is 66.8. The molecule has 0 heterocycles. The molecule has 0 spiro atoms. The average molecular weight is 979 g/mol. The number of nitrogen functional groups attached to an aromatic ring is 1. The lowest BCUT2D eigenvalue weighted by atomic mass is 10.1. The summed E-state index contributed by atoms with van der Waals surface area (Å²) >= 11 is 0. The van der Waals surface area contributed by atoms with E-state index in [1.807, 2.05) is 13.8 Å². The Morgan fingerprint density at radius 3 is 1.15 bits per heavy atom. The number of alkyl halides is 6. The third kappa shape index (κ3) is 14.9. The molecule has 1 aliphatic carbocycles. The Balaban J connectivity index is 0.000000352. The van der Waals surface area contributed by atoms with Crippen LogP contribution in [0.4, 0.5) is 83.2 Å². The predicted molar refractivity (Wildman–Crippen MR) is 239 cm³/mol. The smallest absolute Gasteiger partial charge is 0.393 e. The van der Waals surface area contributed by atoms with E-state index in [0.717, 1.165) is 25.7 Å². The van der Waals surface area contributed by atoms with E-state index in [1.165, 1.54) is 21.9 Å². The number of hydrogen-bond acceptors (Lipinski definition) is 16. The summed E-state index contributed by atoms with van der Waals surface area (Å²) in [6.07, 6.45) is -5.06. The van der Waals surface area contributed by atoms with Crippen LogP contribution < -0.4 is 20.4 Å². The van der Waals surface area contributed by atoms with Gasteiger partial charge in [0.1, 0.15) is 5.69 Å². The van der Waals surface area contributed by atoms with Crippen molar-refractivity contribution >= 4 is 56.9 Å². The maximum absolute atomic E-state index is 13.0. The SMILES string of the molecule is CCCN(CC1CC1)c1c([N+](=O)[O-])cc(C(F)(F)F)cc1[N+](=O)[O-].CCCN(CCC)c1c([N+](=O)[O-])cc(C(F)(F)F)c(N)c1[N+](=O)[O-].CCCN(CCC)c1c([N+](=O)[O-])cc(C)cc1[N+](=O)[O-]. The number of nitro groups is 6. The summed E-state index contributed by atoms with van der Waals surface area (Å²) in [5.41, 5.74) is -3.16. The standard InChI is InChI=1S/C14H16F3N3O4.C13H17F3N4O4.C13H19N3O4/c1-2-5-18(8-9-3-4-9)13-11(19(21)22)6-10(14(15,16)17)7-12(13)20(23)24;1-3-5-18(6-4-2)11-9(19(21)22)7-8(13(14,15)16)10(17)12(11)20(23)24;1-4-6-14(7-5-2)13-11(15(17)18)8-10(3)9-12(13)16(19)20/h6-7,9H,2-5,8H2,1H3;7H,3-6,17H2,1-2H3;8-9H,4-7H2,1-3H3. The van der Waals surface area contributed by atoms with Crippen LogP contribution in [0.2, 0.25) is 0 Å². The van der Waals surface area contributed by atoms with Crippen molar-refractivity contribution in [2.75, 3.05) is 59.7 Å². The van der Waals surface area contributed by atoms with E-state index in [9.17, 15) is 87.0 Å². The molecule has 0 bridgehead atoms. The largest absolute Gasteiger partial charge is 0.418 e. The maximum Gasteiger partial charge on any atom is 0.418 e. The lowest BCUT2D eigenvalue weighted by molar-refractivity contribution is -0.393. The first kappa shape index (κ1) is 57.0. The van der Waals surface area contributed by atoms with Crippen LogP contribution in [-0.2, 0) is 12.4 Å². The molecule has 28 heteroatoms. The summed E-state index contributed by atoms with van der Waals surface area (Å²) < 4.78 is 77.8. The third-order valence-corrected chi connectivity index (χ3v) is 9.97. The van der Waals surface area contributed by atoms with E-state index in [4.69, 9.17) is 5.73 Å². The van der Waals surface area contributed by atoms with Crippen LogP contribution >= 0.6 is 0 Å². The molecule has 22 nitrogen and oxygen atoms in total. The molecule has 4 rings (SSSR count). The number of halogens is 6. The first-order valence-corrected chi connectivity index (χ1v) is 21.2. The van der Waals surface area contributed by atoms with Crippen LogP contribution in [-0.4, -0.2) is 68.8 Å². The van der Waals surface area contributed by atoms with Crippen molar-refractivity contribution in [2.24, 2.45) is 5.92 Å². The number of benzene rings is 3. The van der Waals surface area contributed by atoms with Crippen molar-refractivity contribution in [1.29, 1.82) is 0 Å². The molecule has 0 radical (unpaired) electrons. The van der Waals surface area contributed by atoms with Crippen molar-refractivity contribution in [2.45, 2.75) is 98.8 Å². The van der Waals surface area contributed by atoms with Crippen LogP contribution in [0.1, 0.15) is 96.3 Å². The highest BCUT2D eigenvalue weighted by molar-refractivity contribution is 5.86. The molecule has 2 N–H and O–H groups in total. The molecule has 3 aromatic rings. The van der Waals surface area contributed by atoms with E-state index in [2.05, 4.69) is 0 Å². The summed E-state index contributed by atoms with van der Waals surface area (Å²) in [7, 11) is 0. The topological polar surface area (TPSA) is 295 Å². The van der Waals surface area contributed by atoms with E-state index >= 15 is 0 Å². The van der Waals surface area contributed by atoms with Crippen molar-refractivity contribution in [1.82, 2.24) is 0 Å². The van der Waals surface area contributed by atoms with Crippen LogP contribution in [0.5, 0.6) is 0 Å². The summed E-state index contributed by atoms with van der Waals surface area (Å²) in [6.45, 7) is 13.0. The van der Waals surface area contributed by atoms with Crippen molar-refractivity contribution in [3.8, 4) is 0 Å². The minimum atomic E-state index is -5.04. The molecule has 3 aromatic carbocycles. The fraction of sp³-hybridized carbons (Fsp3) is 0.550.